The number of ether oxygens (including phenoxy) is 2. The van der Waals surface area contributed by atoms with Crippen LogP contribution in [0, 0.1) is 11.3 Å². The molecular weight excluding hydrogens is 280 g/mol. The Labute approximate surface area is 131 Å². The van der Waals surface area contributed by atoms with E-state index in [-0.39, 0.29) is 17.6 Å². The highest BCUT2D eigenvalue weighted by Crippen LogP contribution is 2.15. The second-order valence-corrected chi connectivity index (χ2v) is 5.01. The number of carbonyl (C=O) groups is 1. The van der Waals surface area contributed by atoms with Crippen molar-refractivity contribution in [1.29, 1.82) is 5.26 Å². The van der Waals surface area contributed by atoms with Gasteiger partial charge in [-0.2, -0.15) is 5.26 Å². The van der Waals surface area contributed by atoms with Gasteiger partial charge in [0, 0.05) is 20.3 Å². The van der Waals surface area contributed by atoms with Crippen molar-refractivity contribution in [2.75, 3.05) is 20.3 Å². The van der Waals surface area contributed by atoms with E-state index in [1.807, 2.05) is 44.2 Å². The summed E-state index contributed by atoms with van der Waals surface area (Å²) in [6, 6.07) is 9.18. The van der Waals surface area contributed by atoms with E-state index in [4.69, 9.17) is 14.7 Å². The fraction of sp³-hybridized carbons (Fsp3) is 0.412. The van der Waals surface area contributed by atoms with E-state index in [9.17, 15) is 4.79 Å². The van der Waals surface area contributed by atoms with E-state index in [1.165, 1.54) is 0 Å². The number of hydrogen-bond donors (Lipinski definition) is 1. The number of nitriles is 1. The number of nitrogens with zero attached hydrogens (tertiary/aromatic N) is 1. The SMILES string of the molecule is COCCCNC(=O)/C(C#N)=C/c1ccc(OC(C)C)cc1. The Kier molecular flexibility index (Phi) is 7.73. The highest BCUT2D eigenvalue weighted by atomic mass is 16.5. The average molecular weight is 302 g/mol. The van der Waals surface area contributed by atoms with Crippen molar-refractivity contribution in [1.82, 2.24) is 5.32 Å². The molecule has 0 spiro atoms. The summed E-state index contributed by atoms with van der Waals surface area (Å²) in [4.78, 5) is 11.9. The van der Waals surface area contributed by atoms with Gasteiger partial charge in [0.15, 0.2) is 0 Å². The fourth-order valence-corrected chi connectivity index (χ4v) is 1.74. The average Bonchev–Trinajstić information content (AvgIpc) is 2.50. The van der Waals surface area contributed by atoms with Crippen LogP contribution in [-0.4, -0.2) is 32.3 Å². The zero-order valence-corrected chi connectivity index (χ0v) is 13.3. The lowest BCUT2D eigenvalue weighted by molar-refractivity contribution is -0.117. The Morgan fingerprint density at radius 1 is 1.36 bits per heavy atom. The number of amides is 1. The molecule has 1 aromatic carbocycles. The maximum atomic E-state index is 11.9. The van der Waals surface area contributed by atoms with Gasteiger partial charge < -0.3 is 14.8 Å². The van der Waals surface area contributed by atoms with Crippen molar-refractivity contribution in [3.63, 3.8) is 0 Å². The third-order valence-electron chi connectivity index (χ3n) is 2.74. The van der Waals surface area contributed by atoms with E-state index in [0.717, 1.165) is 11.3 Å². The van der Waals surface area contributed by atoms with Crippen LogP contribution in [0.25, 0.3) is 6.08 Å². The molecule has 5 heteroatoms. The van der Waals surface area contributed by atoms with Crippen LogP contribution in [0.2, 0.25) is 0 Å². The fourth-order valence-electron chi connectivity index (χ4n) is 1.74. The molecule has 0 aliphatic rings. The Morgan fingerprint density at radius 3 is 2.59 bits per heavy atom. The smallest absolute Gasteiger partial charge is 0.261 e. The molecule has 0 bridgehead atoms. The largest absolute Gasteiger partial charge is 0.491 e. The first-order valence-electron chi connectivity index (χ1n) is 7.22. The Bertz CT molecular complexity index is 542. The minimum atomic E-state index is -0.374. The summed E-state index contributed by atoms with van der Waals surface area (Å²) in [5.41, 5.74) is 0.856. The molecule has 0 aliphatic carbocycles. The Morgan fingerprint density at radius 2 is 2.05 bits per heavy atom. The lowest BCUT2D eigenvalue weighted by Crippen LogP contribution is -2.26. The molecule has 1 amide bonds. The zero-order chi connectivity index (χ0) is 16.4. The third kappa shape index (κ3) is 6.42. The van der Waals surface area contributed by atoms with Gasteiger partial charge in [-0.25, -0.2) is 0 Å². The van der Waals surface area contributed by atoms with Crippen molar-refractivity contribution in [3.05, 3.63) is 35.4 Å². The summed E-state index contributed by atoms with van der Waals surface area (Å²) in [6.45, 7) is 4.96. The van der Waals surface area contributed by atoms with Crippen molar-refractivity contribution < 1.29 is 14.3 Å². The Hall–Kier alpha value is -2.32. The molecule has 118 valence electrons. The van der Waals surface area contributed by atoms with E-state index >= 15 is 0 Å². The number of methoxy groups -OCH3 is 1. The van der Waals surface area contributed by atoms with Crippen LogP contribution in [0.5, 0.6) is 5.75 Å². The number of hydrogen-bond acceptors (Lipinski definition) is 4. The molecule has 0 radical (unpaired) electrons. The zero-order valence-electron chi connectivity index (χ0n) is 13.3. The number of carbonyl (C=O) groups excluding carboxylic acids is 1. The van der Waals surface area contributed by atoms with Gasteiger partial charge in [-0.1, -0.05) is 12.1 Å². The molecule has 0 saturated heterocycles. The lowest BCUT2D eigenvalue weighted by Gasteiger charge is -2.09. The van der Waals surface area contributed by atoms with Crippen LogP contribution < -0.4 is 10.1 Å². The monoisotopic (exact) mass is 302 g/mol. The summed E-state index contributed by atoms with van der Waals surface area (Å²) < 4.78 is 10.4. The van der Waals surface area contributed by atoms with Gasteiger partial charge in [0.1, 0.15) is 17.4 Å². The van der Waals surface area contributed by atoms with E-state index < -0.39 is 0 Å². The predicted molar refractivity (Wildman–Crippen MR) is 85.3 cm³/mol. The van der Waals surface area contributed by atoms with Gasteiger partial charge >= 0.3 is 0 Å². The highest BCUT2D eigenvalue weighted by molar-refractivity contribution is 6.01. The molecule has 22 heavy (non-hydrogen) atoms. The summed E-state index contributed by atoms with van der Waals surface area (Å²) in [5, 5.41) is 11.8. The van der Waals surface area contributed by atoms with Gasteiger partial charge in [0.2, 0.25) is 0 Å². The van der Waals surface area contributed by atoms with Crippen LogP contribution in [-0.2, 0) is 9.53 Å². The van der Waals surface area contributed by atoms with Crippen molar-refractivity contribution in [3.8, 4) is 11.8 Å². The van der Waals surface area contributed by atoms with Crippen molar-refractivity contribution >= 4 is 12.0 Å². The topological polar surface area (TPSA) is 71.3 Å². The van der Waals surface area contributed by atoms with Crippen LogP contribution in [0.15, 0.2) is 29.8 Å². The minimum absolute atomic E-state index is 0.0787. The summed E-state index contributed by atoms with van der Waals surface area (Å²) >= 11 is 0. The quantitative estimate of drug-likeness (QED) is 0.455. The third-order valence-corrected chi connectivity index (χ3v) is 2.74. The van der Waals surface area contributed by atoms with Crippen LogP contribution >= 0.6 is 0 Å². The molecule has 1 aromatic rings. The number of rotatable bonds is 8. The summed E-state index contributed by atoms with van der Waals surface area (Å²) in [5.74, 6) is 0.385. The van der Waals surface area contributed by atoms with E-state index in [2.05, 4.69) is 5.32 Å². The van der Waals surface area contributed by atoms with Gasteiger partial charge in [0.05, 0.1) is 6.10 Å². The lowest BCUT2D eigenvalue weighted by atomic mass is 10.1. The van der Waals surface area contributed by atoms with Crippen LogP contribution in [0.3, 0.4) is 0 Å². The van der Waals surface area contributed by atoms with Crippen LogP contribution in [0.4, 0.5) is 0 Å². The number of nitrogens with one attached hydrogen (secondary N) is 1. The molecule has 0 aliphatic heterocycles. The molecule has 0 unspecified atom stereocenters. The molecule has 0 atom stereocenters. The number of benzene rings is 1. The maximum Gasteiger partial charge on any atom is 0.261 e. The molecule has 0 saturated carbocycles. The highest BCUT2D eigenvalue weighted by Gasteiger charge is 2.08. The van der Waals surface area contributed by atoms with Gasteiger partial charge in [0.25, 0.3) is 5.91 Å². The van der Waals surface area contributed by atoms with Crippen molar-refractivity contribution in [2.45, 2.75) is 26.4 Å². The maximum absolute atomic E-state index is 11.9. The summed E-state index contributed by atoms with van der Waals surface area (Å²) in [6.07, 6.45) is 2.38. The first-order chi connectivity index (χ1) is 10.6. The van der Waals surface area contributed by atoms with E-state index in [0.29, 0.717) is 19.6 Å². The molecule has 0 fully saturated rings. The van der Waals surface area contributed by atoms with Crippen LogP contribution in [0.1, 0.15) is 25.8 Å². The van der Waals surface area contributed by atoms with Crippen molar-refractivity contribution in [2.24, 2.45) is 0 Å². The minimum Gasteiger partial charge on any atom is -0.491 e. The predicted octanol–water partition coefficient (Wildman–Crippen LogP) is 2.53. The second-order valence-electron chi connectivity index (χ2n) is 5.01. The standard InChI is InChI=1S/C17H22N2O3/c1-13(2)22-16-7-5-14(6-8-16)11-15(12-18)17(20)19-9-4-10-21-3/h5-8,11,13H,4,9-10H2,1-3H3,(H,19,20)/b15-11+. The first-order valence-corrected chi connectivity index (χ1v) is 7.22. The molecule has 5 nitrogen and oxygen atoms in total. The molecule has 1 N–H and O–H groups in total. The Balaban J connectivity index is 2.67. The molecule has 1 rings (SSSR count). The van der Waals surface area contributed by atoms with E-state index in [1.54, 1.807) is 13.2 Å². The second kappa shape index (κ2) is 9.59. The van der Waals surface area contributed by atoms with Gasteiger partial charge in [-0.3, -0.25) is 4.79 Å². The summed E-state index contributed by atoms with van der Waals surface area (Å²) in [7, 11) is 1.61. The molecule has 0 aromatic heterocycles. The molecule has 0 heterocycles. The molecular formula is C17H22N2O3. The normalized spacial score (nSPS) is 11.1. The van der Waals surface area contributed by atoms with Gasteiger partial charge in [-0.05, 0) is 44.0 Å². The van der Waals surface area contributed by atoms with Gasteiger partial charge in [-0.15, -0.1) is 0 Å². The first kappa shape index (κ1) is 17.7.